The van der Waals surface area contributed by atoms with E-state index in [9.17, 15) is 4.79 Å². The van der Waals surface area contributed by atoms with E-state index < -0.39 is 0 Å². The predicted octanol–water partition coefficient (Wildman–Crippen LogP) is 2.79. The Morgan fingerprint density at radius 2 is 2.24 bits per heavy atom. The van der Waals surface area contributed by atoms with Crippen LogP contribution in [0.4, 0.5) is 15.6 Å². The first-order chi connectivity index (χ1) is 10.3. The molecule has 2 amide bonds. The fourth-order valence-corrected chi connectivity index (χ4v) is 3.06. The average Bonchev–Trinajstić information content (AvgIpc) is 3.17. The lowest BCUT2D eigenvalue weighted by Crippen LogP contribution is -2.34. The van der Waals surface area contributed by atoms with Crippen LogP contribution in [0.25, 0.3) is 0 Å². The lowest BCUT2D eigenvalue weighted by molar-refractivity contribution is 0.250. The Bertz CT molecular complexity index is 573. The molecule has 1 aliphatic heterocycles. The second kappa shape index (κ2) is 6.58. The number of para-hydroxylation sites is 1. The molecule has 110 valence electrons. The van der Waals surface area contributed by atoms with E-state index in [1.807, 2.05) is 11.4 Å². The molecule has 2 N–H and O–H groups in total. The second-order valence-corrected chi connectivity index (χ2v) is 6.00. The SMILES string of the molecule is O=C(NCC1CCN(c2ccccc2)C1)Nc1nccs1. The summed E-state index contributed by atoms with van der Waals surface area (Å²) in [4.78, 5) is 18.1. The van der Waals surface area contributed by atoms with Gasteiger partial charge in [0.2, 0.25) is 0 Å². The number of amides is 2. The van der Waals surface area contributed by atoms with Gasteiger partial charge in [0.15, 0.2) is 5.13 Å². The van der Waals surface area contributed by atoms with Gasteiger partial charge in [-0.25, -0.2) is 9.78 Å². The molecule has 1 saturated heterocycles. The maximum Gasteiger partial charge on any atom is 0.321 e. The van der Waals surface area contributed by atoms with Gasteiger partial charge < -0.3 is 10.2 Å². The highest BCUT2D eigenvalue weighted by Gasteiger charge is 2.22. The molecule has 1 aromatic carbocycles. The topological polar surface area (TPSA) is 57.3 Å². The number of carbonyl (C=O) groups is 1. The van der Waals surface area contributed by atoms with Crippen molar-refractivity contribution in [2.75, 3.05) is 29.9 Å². The number of nitrogens with one attached hydrogen (secondary N) is 2. The van der Waals surface area contributed by atoms with E-state index in [4.69, 9.17) is 0 Å². The van der Waals surface area contributed by atoms with Gasteiger partial charge in [-0.3, -0.25) is 5.32 Å². The summed E-state index contributed by atoms with van der Waals surface area (Å²) in [7, 11) is 0. The first-order valence-electron chi connectivity index (χ1n) is 7.05. The van der Waals surface area contributed by atoms with Crippen LogP contribution in [0.3, 0.4) is 0 Å². The van der Waals surface area contributed by atoms with Gasteiger partial charge in [-0.15, -0.1) is 11.3 Å². The van der Waals surface area contributed by atoms with Gasteiger partial charge in [0.05, 0.1) is 0 Å². The molecular formula is C15H18N4OS. The Balaban J connectivity index is 1.44. The maximum atomic E-state index is 11.7. The normalized spacial score (nSPS) is 17.7. The van der Waals surface area contributed by atoms with Crippen LogP contribution in [-0.4, -0.2) is 30.6 Å². The molecule has 0 bridgehead atoms. The average molecular weight is 302 g/mol. The van der Waals surface area contributed by atoms with Gasteiger partial charge in [-0.1, -0.05) is 18.2 Å². The molecular weight excluding hydrogens is 284 g/mol. The van der Waals surface area contributed by atoms with Gasteiger partial charge in [-0.2, -0.15) is 0 Å². The molecule has 0 aliphatic carbocycles. The summed E-state index contributed by atoms with van der Waals surface area (Å²) < 4.78 is 0. The highest BCUT2D eigenvalue weighted by Crippen LogP contribution is 2.22. The third-order valence-electron chi connectivity index (χ3n) is 3.61. The third kappa shape index (κ3) is 3.72. The lowest BCUT2D eigenvalue weighted by Gasteiger charge is -2.18. The van der Waals surface area contributed by atoms with Gasteiger partial charge in [0.25, 0.3) is 0 Å². The summed E-state index contributed by atoms with van der Waals surface area (Å²) in [6.45, 7) is 2.73. The second-order valence-electron chi connectivity index (χ2n) is 5.11. The van der Waals surface area contributed by atoms with Crippen LogP contribution in [0.1, 0.15) is 6.42 Å². The molecule has 1 aliphatic rings. The number of benzene rings is 1. The van der Waals surface area contributed by atoms with Crippen LogP contribution < -0.4 is 15.5 Å². The molecule has 1 unspecified atom stereocenters. The van der Waals surface area contributed by atoms with Crippen molar-refractivity contribution < 1.29 is 4.79 Å². The number of hydrogen-bond donors (Lipinski definition) is 2. The molecule has 2 heterocycles. The standard InChI is InChI=1S/C15H18N4OS/c20-14(18-15-16-7-9-21-15)17-10-12-6-8-19(11-12)13-4-2-1-3-5-13/h1-5,7,9,12H,6,8,10-11H2,(H2,16,17,18,20). The molecule has 1 aromatic heterocycles. The molecule has 1 fully saturated rings. The first kappa shape index (κ1) is 13.9. The van der Waals surface area contributed by atoms with Crippen molar-refractivity contribution in [3.8, 4) is 0 Å². The van der Waals surface area contributed by atoms with Crippen molar-refractivity contribution in [3.05, 3.63) is 41.9 Å². The van der Waals surface area contributed by atoms with Crippen LogP contribution in [0.15, 0.2) is 41.9 Å². The van der Waals surface area contributed by atoms with E-state index in [1.54, 1.807) is 6.20 Å². The van der Waals surface area contributed by atoms with Crippen molar-refractivity contribution in [2.24, 2.45) is 5.92 Å². The molecule has 0 spiro atoms. The zero-order chi connectivity index (χ0) is 14.5. The number of thiazole rings is 1. The Morgan fingerprint density at radius 1 is 1.38 bits per heavy atom. The Kier molecular flexibility index (Phi) is 4.35. The Morgan fingerprint density at radius 3 is 3.00 bits per heavy atom. The largest absolute Gasteiger partial charge is 0.371 e. The minimum atomic E-state index is -0.178. The summed E-state index contributed by atoms with van der Waals surface area (Å²) in [6.07, 6.45) is 2.78. The number of carbonyl (C=O) groups excluding carboxylic acids is 1. The zero-order valence-corrected chi connectivity index (χ0v) is 12.5. The van der Waals surface area contributed by atoms with E-state index >= 15 is 0 Å². The molecule has 5 nitrogen and oxygen atoms in total. The maximum absolute atomic E-state index is 11.7. The molecule has 3 rings (SSSR count). The summed E-state index contributed by atoms with van der Waals surface area (Å²) >= 11 is 1.42. The fraction of sp³-hybridized carbons (Fsp3) is 0.333. The van der Waals surface area contributed by atoms with Crippen LogP contribution in [-0.2, 0) is 0 Å². The van der Waals surface area contributed by atoms with Gasteiger partial charge >= 0.3 is 6.03 Å². The number of rotatable bonds is 4. The lowest BCUT2D eigenvalue weighted by atomic mass is 10.1. The van der Waals surface area contributed by atoms with Crippen LogP contribution >= 0.6 is 11.3 Å². The molecule has 1 atom stereocenters. The van der Waals surface area contributed by atoms with Gasteiger partial charge in [-0.05, 0) is 24.5 Å². The molecule has 2 aromatic rings. The summed E-state index contributed by atoms with van der Waals surface area (Å²) in [6, 6.07) is 10.2. The van der Waals surface area contributed by atoms with E-state index in [0.717, 1.165) is 19.5 Å². The highest BCUT2D eigenvalue weighted by atomic mass is 32.1. The summed E-state index contributed by atoms with van der Waals surface area (Å²) in [5.74, 6) is 0.493. The monoisotopic (exact) mass is 302 g/mol. The van der Waals surface area contributed by atoms with E-state index in [1.165, 1.54) is 17.0 Å². The van der Waals surface area contributed by atoms with Gasteiger partial charge in [0, 0.05) is 36.9 Å². The number of urea groups is 1. The predicted molar refractivity (Wildman–Crippen MR) is 85.9 cm³/mol. The molecule has 21 heavy (non-hydrogen) atoms. The summed E-state index contributed by atoms with van der Waals surface area (Å²) in [5.41, 5.74) is 1.26. The Labute approximate surface area is 128 Å². The zero-order valence-electron chi connectivity index (χ0n) is 11.7. The smallest absolute Gasteiger partial charge is 0.321 e. The Hall–Kier alpha value is -2.08. The van der Waals surface area contributed by atoms with Crippen LogP contribution in [0, 0.1) is 5.92 Å². The van der Waals surface area contributed by atoms with Crippen molar-refractivity contribution in [2.45, 2.75) is 6.42 Å². The van der Waals surface area contributed by atoms with E-state index in [-0.39, 0.29) is 6.03 Å². The third-order valence-corrected chi connectivity index (χ3v) is 4.30. The van der Waals surface area contributed by atoms with Crippen LogP contribution in [0.5, 0.6) is 0 Å². The number of aromatic nitrogens is 1. The number of nitrogens with zero attached hydrogens (tertiary/aromatic N) is 2. The minimum absolute atomic E-state index is 0.178. The van der Waals surface area contributed by atoms with Crippen molar-refractivity contribution in [3.63, 3.8) is 0 Å². The molecule has 0 radical (unpaired) electrons. The first-order valence-corrected chi connectivity index (χ1v) is 7.93. The quantitative estimate of drug-likeness (QED) is 0.913. The summed E-state index contributed by atoms with van der Waals surface area (Å²) in [5, 5.41) is 8.12. The van der Waals surface area contributed by atoms with Crippen LogP contribution in [0.2, 0.25) is 0 Å². The highest BCUT2D eigenvalue weighted by molar-refractivity contribution is 7.13. The minimum Gasteiger partial charge on any atom is -0.371 e. The number of hydrogen-bond acceptors (Lipinski definition) is 4. The van der Waals surface area contributed by atoms with Gasteiger partial charge in [0.1, 0.15) is 0 Å². The van der Waals surface area contributed by atoms with Crippen molar-refractivity contribution in [1.82, 2.24) is 10.3 Å². The van der Waals surface area contributed by atoms with E-state index in [2.05, 4.69) is 44.8 Å². The number of anilines is 2. The molecule has 0 saturated carbocycles. The molecule has 6 heteroatoms. The van der Waals surface area contributed by atoms with Crippen molar-refractivity contribution in [1.29, 1.82) is 0 Å². The van der Waals surface area contributed by atoms with E-state index in [0.29, 0.717) is 17.6 Å². The fourth-order valence-electron chi connectivity index (χ4n) is 2.54. The van der Waals surface area contributed by atoms with Crippen molar-refractivity contribution >= 4 is 28.2 Å².